The Bertz CT molecular complexity index is 419. The highest BCUT2D eigenvalue weighted by atomic mass is 16.3. The van der Waals surface area contributed by atoms with Crippen molar-refractivity contribution >= 4 is 5.91 Å². The molecule has 1 aromatic rings. The zero-order chi connectivity index (χ0) is 13.8. The van der Waals surface area contributed by atoms with E-state index in [9.17, 15) is 9.90 Å². The Labute approximate surface area is 114 Å². The summed E-state index contributed by atoms with van der Waals surface area (Å²) in [7, 11) is 0. The summed E-state index contributed by atoms with van der Waals surface area (Å²) in [5, 5.41) is 9.56. The first-order valence-corrected chi connectivity index (χ1v) is 6.84. The molecule has 0 aromatic heterocycles. The van der Waals surface area contributed by atoms with Gasteiger partial charge in [0.15, 0.2) is 0 Å². The highest BCUT2D eigenvalue weighted by Crippen LogP contribution is 2.20. The average molecular weight is 262 g/mol. The number of nitrogens with zero attached hydrogens (tertiary/aromatic N) is 1. The number of likely N-dealkylation sites (tertiary alicyclic amines) is 1. The highest BCUT2D eigenvalue weighted by molar-refractivity contribution is 5.82. The summed E-state index contributed by atoms with van der Waals surface area (Å²) in [5.74, 6) is 0.180. The maximum Gasteiger partial charge on any atom is 0.239 e. The van der Waals surface area contributed by atoms with Crippen molar-refractivity contribution in [1.29, 1.82) is 0 Å². The van der Waals surface area contributed by atoms with Gasteiger partial charge in [0.25, 0.3) is 0 Å². The largest absolute Gasteiger partial charge is 0.393 e. The van der Waals surface area contributed by atoms with Crippen LogP contribution in [0.25, 0.3) is 0 Å². The quantitative estimate of drug-likeness (QED) is 0.843. The topological polar surface area (TPSA) is 66.6 Å². The SMILES string of the molecule is CC(O)C1CCN(C(=O)C(N)Cc2ccccc2)C1. The Morgan fingerprint density at radius 2 is 2.16 bits per heavy atom. The molecule has 1 heterocycles. The minimum absolute atomic E-state index is 0.00740. The molecular weight excluding hydrogens is 240 g/mol. The van der Waals surface area contributed by atoms with Crippen LogP contribution in [-0.4, -0.2) is 41.1 Å². The van der Waals surface area contributed by atoms with Crippen LogP contribution in [0.15, 0.2) is 30.3 Å². The van der Waals surface area contributed by atoms with E-state index in [2.05, 4.69) is 0 Å². The number of hydrogen-bond acceptors (Lipinski definition) is 3. The molecule has 0 aliphatic carbocycles. The van der Waals surface area contributed by atoms with E-state index in [0.717, 1.165) is 12.0 Å². The van der Waals surface area contributed by atoms with E-state index >= 15 is 0 Å². The molecule has 0 radical (unpaired) electrons. The number of rotatable bonds is 4. The van der Waals surface area contributed by atoms with E-state index in [4.69, 9.17) is 5.73 Å². The van der Waals surface area contributed by atoms with E-state index in [1.54, 1.807) is 11.8 Å². The Kier molecular flexibility index (Phi) is 4.56. The Morgan fingerprint density at radius 1 is 1.47 bits per heavy atom. The summed E-state index contributed by atoms with van der Waals surface area (Å²) < 4.78 is 0. The van der Waals surface area contributed by atoms with E-state index < -0.39 is 6.04 Å². The molecule has 3 N–H and O–H groups in total. The van der Waals surface area contributed by atoms with Crippen LogP contribution in [0.4, 0.5) is 0 Å². The minimum Gasteiger partial charge on any atom is -0.393 e. The monoisotopic (exact) mass is 262 g/mol. The van der Waals surface area contributed by atoms with Crippen LogP contribution in [0, 0.1) is 5.92 Å². The van der Waals surface area contributed by atoms with Gasteiger partial charge >= 0.3 is 0 Å². The lowest BCUT2D eigenvalue weighted by Crippen LogP contribution is -2.44. The van der Waals surface area contributed by atoms with Crippen LogP contribution < -0.4 is 5.73 Å². The molecule has 104 valence electrons. The molecule has 1 saturated heterocycles. The molecule has 1 fully saturated rings. The normalized spacial score (nSPS) is 22.3. The number of aliphatic hydroxyl groups excluding tert-OH is 1. The van der Waals surface area contributed by atoms with E-state index in [1.807, 2.05) is 30.3 Å². The molecule has 0 saturated carbocycles. The predicted octanol–water partition coefficient (Wildman–Crippen LogP) is 0.786. The van der Waals surface area contributed by atoms with Gasteiger partial charge < -0.3 is 15.7 Å². The average Bonchev–Trinajstić information content (AvgIpc) is 2.88. The number of nitrogens with two attached hydrogens (primary N) is 1. The number of benzene rings is 1. The van der Waals surface area contributed by atoms with Gasteiger partial charge in [-0.25, -0.2) is 0 Å². The Hall–Kier alpha value is -1.39. The molecular formula is C15H22N2O2. The van der Waals surface area contributed by atoms with E-state index in [0.29, 0.717) is 19.5 Å². The maximum atomic E-state index is 12.2. The Balaban J connectivity index is 1.90. The molecule has 4 heteroatoms. The third-order valence-corrected chi connectivity index (χ3v) is 3.83. The van der Waals surface area contributed by atoms with Gasteiger partial charge in [0.1, 0.15) is 0 Å². The van der Waals surface area contributed by atoms with Crippen molar-refractivity contribution in [3.05, 3.63) is 35.9 Å². The first-order valence-electron chi connectivity index (χ1n) is 6.84. The van der Waals surface area contributed by atoms with Gasteiger partial charge in [-0.15, -0.1) is 0 Å². The zero-order valence-electron chi connectivity index (χ0n) is 11.3. The van der Waals surface area contributed by atoms with Crippen molar-refractivity contribution in [3.8, 4) is 0 Å². The second-order valence-electron chi connectivity index (χ2n) is 5.37. The molecule has 0 spiro atoms. The lowest BCUT2D eigenvalue weighted by Gasteiger charge is -2.21. The molecule has 4 nitrogen and oxygen atoms in total. The van der Waals surface area contributed by atoms with Crippen molar-refractivity contribution < 1.29 is 9.90 Å². The number of hydrogen-bond donors (Lipinski definition) is 2. The van der Waals surface area contributed by atoms with Crippen LogP contribution >= 0.6 is 0 Å². The van der Waals surface area contributed by atoms with Crippen molar-refractivity contribution in [2.24, 2.45) is 11.7 Å². The summed E-state index contributed by atoms with van der Waals surface area (Å²) in [5.41, 5.74) is 7.08. The third kappa shape index (κ3) is 3.55. The van der Waals surface area contributed by atoms with Gasteiger partial charge in [0, 0.05) is 19.0 Å². The molecule has 1 aliphatic rings. The van der Waals surface area contributed by atoms with E-state index in [-0.39, 0.29) is 17.9 Å². The van der Waals surface area contributed by atoms with Crippen LogP contribution in [0.5, 0.6) is 0 Å². The lowest BCUT2D eigenvalue weighted by molar-refractivity contribution is -0.131. The van der Waals surface area contributed by atoms with Crippen molar-refractivity contribution in [2.45, 2.75) is 31.9 Å². The Morgan fingerprint density at radius 3 is 2.74 bits per heavy atom. The predicted molar refractivity (Wildman–Crippen MR) is 74.5 cm³/mol. The lowest BCUT2D eigenvalue weighted by atomic mass is 10.0. The number of carbonyl (C=O) groups is 1. The third-order valence-electron chi connectivity index (χ3n) is 3.83. The standard InChI is InChI=1S/C15H22N2O2/c1-11(18)13-7-8-17(10-13)15(19)14(16)9-12-5-3-2-4-6-12/h2-6,11,13-14,18H,7-10,16H2,1H3. The summed E-state index contributed by atoms with van der Waals surface area (Å²) >= 11 is 0. The second kappa shape index (κ2) is 6.17. The van der Waals surface area contributed by atoms with Gasteiger partial charge in [0.05, 0.1) is 12.1 Å². The number of aliphatic hydroxyl groups is 1. The number of amides is 1. The van der Waals surface area contributed by atoms with Crippen molar-refractivity contribution in [3.63, 3.8) is 0 Å². The summed E-state index contributed by atoms with van der Waals surface area (Å²) in [6, 6.07) is 9.32. The molecule has 2 rings (SSSR count). The second-order valence-corrected chi connectivity index (χ2v) is 5.37. The molecule has 1 amide bonds. The summed E-state index contributed by atoms with van der Waals surface area (Å²) in [6.45, 7) is 3.11. The van der Waals surface area contributed by atoms with E-state index in [1.165, 1.54) is 0 Å². The molecule has 1 aliphatic heterocycles. The van der Waals surface area contributed by atoms with Gasteiger partial charge in [-0.1, -0.05) is 30.3 Å². The zero-order valence-corrected chi connectivity index (χ0v) is 11.3. The molecule has 19 heavy (non-hydrogen) atoms. The summed E-state index contributed by atoms with van der Waals surface area (Å²) in [6.07, 6.45) is 1.07. The molecule has 1 aromatic carbocycles. The van der Waals surface area contributed by atoms with Crippen LogP contribution in [-0.2, 0) is 11.2 Å². The fourth-order valence-electron chi connectivity index (χ4n) is 2.57. The number of carbonyl (C=O) groups excluding carboxylic acids is 1. The van der Waals surface area contributed by atoms with Gasteiger partial charge in [-0.2, -0.15) is 0 Å². The van der Waals surface area contributed by atoms with Gasteiger partial charge in [-0.3, -0.25) is 4.79 Å². The van der Waals surface area contributed by atoms with Crippen molar-refractivity contribution in [2.75, 3.05) is 13.1 Å². The molecule has 0 bridgehead atoms. The smallest absolute Gasteiger partial charge is 0.239 e. The first kappa shape index (κ1) is 14.0. The van der Waals surface area contributed by atoms with Gasteiger partial charge in [-0.05, 0) is 25.3 Å². The van der Waals surface area contributed by atoms with Gasteiger partial charge in [0.2, 0.25) is 5.91 Å². The van der Waals surface area contributed by atoms with Crippen LogP contribution in [0.2, 0.25) is 0 Å². The summed E-state index contributed by atoms with van der Waals surface area (Å²) in [4.78, 5) is 14.0. The highest BCUT2D eigenvalue weighted by Gasteiger charge is 2.31. The van der Waals surface area contributed by atoms with Crippen LogP contribution in [0.3, 0.4) is 0 Å². The van der Waals surface area contributed by atoms with Crippen molar-refractivity contribution in [1.82, 2.24) is 4.90 Å². The van der Waals surface area contributed by atoms with Crippen LogP contribution in [0.1, 0.15) is 18.9 Å². The molecule has 3 atom stereocenters. The fourth-order valence-corrected chi connectivity index (χ4v) is 2.57. The first-order chi connectivity index (χ1) is 9.08. The molecule has 3 unspecified atom stereocenters. The fraction of sp³-hybridized carbons (Fsp3) is 0.533. The minimum atomic E-state index is -0.491. The maximum absolute atomic E-state index is 12.2.